The lowest BCUT2D eigenvalue weighted by atomic mass is 9.93. The van der Waals surface area contributed by atoms with Crippen molar-refractivity contribution >= 4 is 5.78 Å². The minimum absolute atomic E-state index is 0.182. The molecule has 2 aromatic rings. The third-order valence-corrected chi connectivity index (χ3v) is 3.39. The molecule has 0 aliphatic carbocycles. The highest BCUT2D eigenvalue weighted by Crippen LogP contribution is 2.20. The normalized spacial score (nSPS) is 10.6. The zero-order valence-electron chi connectivity index (χ0n) is 11.5. The molecule has 2 aromatic carbocycles. The van der Waals surface area contributed by atoms with Gasteiger partial charge in [-0.2, -0.15) is 0 Å². The summed E-state index contributed by atoms with van der Waals surface area (Å²) >= 11 is 0. The van der Waals surface area contributed by atoms with E-state index in [1.165, 1.54) is 36.4 Å². The first-order valence-corrected chi connectivity index (χ1v) is 6.68. The quantitative estimate of drug-likeness (QED) is 0.759. The molecule has 0 aliphatic heterocycles. The van der Waals surface area contributed by atoms with Crippen molar-refractivity contribution in [3.8, 4) is 0 Å². The van der Waals surface area contributed by atoms with Crippen LogP contribution >= 0.6 is 0 Å². The summed E-state index contributed by atoms with van der Waals surface area (Å²) in [6.07, 6.45) is 1.14. The fraction of sp³-hybridized carbons (Fsp3) is 0.235. The second-order valence-electron chi connectivity index (χ2n) is 4.64. The Hall–Kier alpha value is -2.03. The van der Waals surface area contributed by atoms with Gasteiger partial charge in [0, 0.05) is 11.1 Å². The molecule has 3 heteroatoms. The maximum Gasteiger partial charge on any atom is 0.193 e. The van der Waals surface area contributed by atoms with Crippen LogP contribution in [0.5, 0.6) is 0 Å². The molecule has 0 atom stereocenters. The topological polar surface area (TPSA) is 17.1 Å². The van der Waals surface area contributed by atoms with Crippen molar-refractivity contribution in [2.24, 2.45) is 0 Å². The first kappa shape index (κ1) is 14.4. The average molecular weight is 274 g/mol. The zero-order valence-corrected chi connectivity index (χ0v) is 11.5. The van der Waals surface area contributed by atoms with Crippen LogP contribution < -0.4 is 0 Å². The Bertz CT molecular complexity index is 592. The van der Waals surface area contributed by atoms with Crippen LogP contribution in [0.2, 0.25) is 0 Å². The van der Waals surface area contributed by atoms with Crippen molar-refractivity contribution in [3.63, 3.8) is 0 Å². The largest absolute Gasteiger partial charge is 0.289 e. The second kappa shape index (κ2) is 5.95. The molecule has 2 rings (SSSR count). The van der Waals surface area contributed by atoms with E-state index in [9.17, 15) is 13.6 Å². The van der Waals surface area contributed by atoms with Gasteiger partial charge in [0.1, 0.15) is 11.6 Å². The first-order valence-electron chi connectivity index (χ1n) is 6.68. The van der Waals surface area contributed by atoms with Crippen LogP contribution in [0.3, 0.4) is 0 Å². The van der Waals surface area contributed by atoms with E-state index in [-0.39, 0.29) is 17.4 Å². The number of carbonyl (C=O) groups is 1. The fourth-order valence-electron chi connectivity index (χ4n) is 2.30. The van der Waals surface area contributed by atoms with E-state index in [2.05, 4.69) is 0 Å². The third-order valence-electron chi connectivity index (χ3n) is 3.39. The van der Waals surface area contributed by atoms with Crippen LogP contribution in [0.1, 0.15) is 40.9 Å². The van der Waals surface area contributed by atoms with Gasteiger partial charge >= 0.3 is 0 Å². The van der Waals surface area contributed by atoms with E-state index < -0.39 is 0 Å². The third kappa shape index (κ3) is 2.77. The zero-order chi connectivity index (χ0) is 14.7. The Balaban J connectivity index is 2.51. The summed E-state index contributed by atoms with van der Waals surface area (Å²) in [6, 6.07) is 8.31. The van der Waals surface area contributed by atoms with Crippen molar-refractivity contribution < 1.29 is 13.6 Å². The van der Waals surface area contributed by atoms with E-state index in [4.69, 9.17) is 0 Å². The molecule has 0 saturated heterocycles. The van der Waals surface area contributed by atoms with E-state index in [1.54, 1.807) is 0 Å². The number of benzene rings is 2. The van der Waals surface area contributed by atoms with Crippen molar-refractivity contribution in [1.82, 2.24) is 0 Å². The van der Waals surface area contributed by atoms with Crippen molar-refractivity contribution in [1.29, 1.82) is 0 Å². The molecule has 0 fully saturated rings. The highest BCUT2D eigenvalue weighted by molar-refractivity contribution is 6.10. The predicted molar refractivity (Wildman–Crippen MR) is 75.0 cm³/mol. The predicted octanol–water partition coefficient (Wildman–Crippen LogP) is 4.32. The monoisotopic (exact) mass is 274 g/mol. The molecule has 104 valence electrons. The van der Waals surface area contributed by atoms with Gasteiger partial charge in [-0.3, -0.25) is 4.79 Å². The summed E-state index contributed by atoms with van der Waals surface area (Å²) < 4.78 is 26.5. The number of aryl methyl sites for hydroxylation is 2. The summed E-state index contributed by atoms with van der Waals surface area (Å²) in [5.74, 6) is -0.889. The minimum Gasteiger partial charge on any atom is -0.289 e. The Morgan fingerprint density at radius 3 is 1.60 bits per heavy atom. The van der Waals surface area contributed by atoms with Crippen LogP contribution in [0.15, 0.2) is 36.4 Å². The average Bonchev–Trinajstić information content (AvgIpc) is 2.46. The molecular weight excluding hydrogens is 258 g/mol. The number of ketones is 1. The van der Waals surface area contributed by atoms with Gasteiger partial charge in [0.2, 0.25) is 0 Å². The van der Waals surface area contributed by atoms with Gasteiger partial charge in [-0.15, -0.1) is 0 Å². The van der Waals surface area contributed by atoms with Crippen LogP contribution in [0.25, 0.3) is 0 Å². The number of rotatable bonds is 4. The number of carbonyl (C=O) groups excluding carboxylic acids is 1. The summed E-state index contributed by atoms with van der Waals surface area (Å²) in [5.41, 5.74) is 2.30. The fourth-order valence-corrected chi connectivity index (χ4v) is 2.30. The molecule has 0 radical (unpaired) electrons. The van der Waals surface area contributed by atoms with Crippen molar-refractivity contribution in [2.75, 3.05) is 0 Å². The van der Waals surface area contributed by atoms with Gasteiger partial charge in [-0.25, -0.2) is 8.78 Å². The molecular formula is C17H16F2O. The van der Waals surface area contributed by atoms with Gasteiger partial charge in [-0.05, 0) is 60.4 Å². The van der Waals surface area contributed by atoms with Crippen LogP contribution in [0.4, 0.5) is 8.78 Å². The molecule has 20 heavy (non-hydrogen) atoms. The summed E-state index contributed by atoms with van der Waals surface area (Å²) in [7, 11) is 0. The smallest absolute Gasteiger partial charge is 0.193 e. The Morgan fingerprint density at radius 1 is 0.850 bits per heavy atom. The standard InChI is InChI=1S/C17H16F2O/c1-3-11-9-13(18)5-7-15(11)17(20)16-8-6-14(19)10-12(16)4-2/h5-10H,3-4H2,1-2H3. The lowest BCUT2D eigenvalue weighted by Gasteiger charge is -2.10. The molecule has 0 unspecified atom stereocenters. The highest BCUT2D eigenvalue weighted by atomic mass is 19.1. The van der Waals surface area contributed by atoms with Crippen LogP contribution in [-0.4, -0.2) is 5.78 Å². The van der Waals surface area contributed by atoms with Crippen molar-refractivity contribution in [3.05, 3.63) is 70.3 Å². The van der Waals surface area contributed by atoms with E-state index in [1.807, 2.05) is 13.8 Å². The highest BCUT2D eigenvalue weighted by Gasteiger charge is 2.16. The van der Waals surface area contributed by atoms with Gasteiger partial charge < -0.3 is 0 Å². The summed E-state index contributed by atoms with van der Waals surface area (Å²) in [4.78, 5) is 12.6. The molecule has 0 spiro atoms. The second-order valence-corrected chi connectivity index (χ2v) is 4.64. The summed E-state index contributed by atoms with van der Waals surface area (Å²) in [6.45, 7) is 3.74. The molecule has 0 saturated carbocycles. The molecule has 0 heterocycles. The lowest BCUT2D eigenvalue weighted by molar-refractivity contribution is 0.103. The molecule has 0 N–H and O–H groups in total. The Labute approximate surface area is 117 Å². The maximum absolute atomic E-state index is 13.2. The molecule has 0 aromatic heterocycles. The lowest BCUT2D eigenvalue weighted by Crippen LogP contribution is -2.08. The molecule has 1 nitrogen and oxygen atoms in total. The van der Waals surface area contributed by atoms with E-state index in [0.717, 1.165) is 0 Å². The maximum atomic E-state index is 13.2. The number of hydrogen-bond acceptors (Lipinski definition) is 1. The first-order chi connectivity index (χ1) is 9.56. The van der Waals surface area contributed by atoms with Gasteiger partial charge in [0.15, 0.2) is 5.78 Å². The van der Waals surface area contributed by atoms with Gasteiger partial charge in [0.25, 0.3) is 0 Å². The van der Waals surface area contributed by atoms with Crippen LogP contribution in [0, 0.1) is 11.6 Å². The van der Waals surface area contributed by atoms with E-state index in [0.29, 0.717) is 35.1 Å². The minimum atomic E-state index is -0.353. The van der Waals surface area contributed by atoms with Crippen LogP contribution in [-0.2, 0) is 12.8 Å². The van der Waals surface area contributed by atoms with E-state index >= 15 is 0 Å². The molecule has 0 aliphatic rings. The Kier molecular flexibility index (Phi) is 4.28. The summed E-state index contributed by atoms with van der Waals surface area (Å²) in [5, 5.41) is 0. The Morgan fingerprint density at radius 2 is 1.25 bits per heavy atom. The SMILES string of the molecule is CCc1cc(F)ccc1C(=O)c1ccc(F)cc1CC. The molecule has 0 bridgehead atoms. The van der Waals surface area contributed by atoms with Crippen molar-refractivity contribution in [2.45, 2.75) is 26.7 Å². The van der Waals surface area contributed by atoms with Gasteiger partial charge in [-0.1, -0.05) is 13.8 Å². The number of halogens is 2. The molecule has 0 amide bonds. The number of hydrogen-bond donors (Lipinski definition) is 0. The van der Waals surface area contributed by atoms with Gasteiger partial charge in [0.05, 0.1) is 0 Å².